The normalized spacial score (nSPS) is 20.4. The van der Waals surface area contributed by atoms with Gasteiger partial charge in [-0.15, -0.1) is 27.2 Å². The maximum atomic E-state index is 10.7. The fourth-order valence-electron chi connectivity index (χ4n) is 19.4. The van der Waals surface area contributed by atoms with Crippen molar-refractivity contribution in [3.05, 3.63) is 148 Å². The van der Waals surface area contributed by atoms with Gasteiger partial charge in [0.2, 0.25) is 0 Å². The van der Waals surface area contributed by atoms with E-state index < -0.39 is 8.53 Å². The molecule has 0 saturated heterocycles. The molecule has 0 aromatic heterocycles. The van der Waals surface area contributed by atoms with Gasteiger partial charge in [-0.25, -0.2) is 4.20 Å². The van der Waals surface area contributed by atoms with Crippen LogP contribution in [0.1, 0.15) is 369 Å². The fourth-order valence-corrected chi connectivity index (χ4v) is 37.5. The van der Waals surface area contributed by atoms with Crippen LogP contribution in [0.3, 0.4) is 0 Å². The summed E-state index contributed by atoms with van der Waals surface area (Å²) in [5, 5.41) is 6.14. The molecule has 0 nitrogen and oxygen atoms in total. The fraction of sp³-hybridized carbons (Fsp3) is 0.708. The summed E-state index contributed by atoms with van der Waals surface area (Å²) < 4.78 is 16.6. The summed E-state index contributed by atoms with van der Waals surface area (Å²) in [6.07, 6.45) is 83.2. The Bertz CT molecular complexity index is 2420. The van der Waals surface area contributed by atoms with Crippen molar-refractivity contribution in [3.63, 3.8) is 0 Å². The minimum atomic E-state index is -1.95. The van der Waals surface area contributed by atoms with E-state index in [1.54, 1.807) is 179 Å². The maximum absolute atomic E-state index is 10.7. The zero-order chi connectivity index (χ0) is 72.6. The molecule has 0 spiro atoms. The van der Waals surface area contributed by atoms with Crippen LogP contribution in [-0.4, -0.2) is 65.0 Å². The van der Waals surface area contributed by atoms with Crippen LogP contribution < -0.4 is 21.2 Å². The van der Waals surface area contributed by atoms with E-state index >= 15 is 0 Å². The first-order chi connectivity index (χ1) is 50.7. The van der Waals surface area contributed by atoms with Crippen molar-refractivity contribution in [1.82, 2.24) is 0 Å². The monoisotopic (exact) mass is 1660 g/mol. The van der Waals surface area contributed by atoms with Crippen LogP contribution in [0.15, 0.2) is 121 Å². The van der Waals surface area contributed by atoms with E-state index in [0.717, 1.165) is 28.3 Å². The molecule has 4 atom stereocenters. The Morgan fingerprint density at radius 3 is 0.840 bits per heavy atom. The number of hydrogen-bond donors (Lipinski definition) is 0. The van der Waals surface area contributed by atoms with Crippen LogP contribution in [0.25, 0.3) is 0 Å². The van der Waals surface area contributed by atoms with Gasteiger partial charge in [-0.2, -0.15) is 26.7 Å². The van der Waals surface area contributed by atoms with Gasteiger partial charge in [0.15, 0.2) is 0 Å². The van der Waals surface area contributed by atoms with Gasteiger partial charge in [0.1, 0.15) is 0 Å². The molecule has 0 aliphatic heterocycles. The van der Waals surface area contributed by atoms with Crippen LogP contribution in [0, 0.1) is 26.7 Å². The van der Waals surface area contributed by atoms with E-state index in [4.69, 9.17) is 1.28 Å². The van der Waals surface area contributed by atoms with E-state index in [-0.39, 0.29) is 64.8 Å². The molecule has 8 fully saturated rings. The molecule has 0 N–H and O–H groups in total. The van der Waals surface area contributed by atoms with Crippen LogP contribution >= 0.6 is 57.1 Å². The summed E-state index contributed by atoms with van der Waals surface area (Å²) >= 11 is 0. The van der Waals surface area contributed by atoms with Crippen molar-refractivity contribution in [1.29, 1.82) is 1.28 Å². The van der Waals surface area contributed by atoms with Gasteiger partial charge in [0, 0.05) is 0 Å². The largest absolute Gasteiger partial charge is 2.00 e. The zero-order valence-electron chi connectivity index (χ0n) is 70.4. The van der Waals surface area contributed by atoms with Crippen molar-refractivity contribution < 1.29 is 38.3 Å². The second-order valence-corrected chi connectivity index (χ2v) is 47.2. The average molecular weight is 1660 g/mol. The summed E-state index contributed by atoms with van der Waals surface area (Å²) in [5.41, 5.74) is 8.66. The minimum Gasteiger partial charge on any atom is -0.358 e. The average Bonchev–Trinajstić information content (AvgIpc) is 1.82. The Morgan fingerprint density at radius 2 is 0.566 bits per heavy atom. The van der Waals surface area contributed by atoms with E-state index in [0.29, 0.717) is 23.8 Å². The van der Waals surface area contributed by atoms with E-state index in [2.05, 4.69) is 156 Å². The number of rotatable bonds is 33. The Kier molecular flexibility index (Phi) is 60.8. The van der Waals surface area contributed by atoms with Crippen LogP contribution in [0.2, 0.25) is 0 Å². The zero-order valence-corrected chi connectivity index (χ0v) is 78.1. The Morgan fingerprint density at radius 1 is 0.330 bits per heavy atom. The topological polar surface area (TPSA) is 0 Å². The van der Waals surface area contributed by atoms with E-state index in [1.165, 1.54) is 227 Å². The molecule has 4 unspecified atom stereocenters. The second kappa shape index (κ2) is 65.0. The van der Waals surface area contributed by atoms with Crippen LogP contribution in [0.4, 0.5) is 4.20 Å². The van der Waals surface area contributed by atoms with Crippen molar-refractivity contribution >= 4 is 78.3 Å². The van der Waals surface area contributed by atoms with Gasteiger partial charge in [-0.05, 0) is 178 Å². The van der Waals surface area contributed by atoms with Crippen LogP contribution in [0.5, 0.6) is 0 Å². The third kappa shape index (κ3) is 38.7. The quantitative estimate of drug-likeness (QED) is 0.0193. The molecule has 604 valence electrons. The molecule has 4 aromatic carbocycles. The third-order valence-electron chi connectivity index (χ3n) is 24.9. The van der Waals surface area contributed by atoms with Crippen molar-refractivity contribution in [3.8, 4) is 0 Å². The molecule has 0 amide bonds. The van der Waals surface area contributed by atoms with Crippen molar-refractivity contribution in [2.75, 3.05) is 18.5 Å². The molecule has 12 rings (SSSR count). The van der Waals surface area contributed by atoms with Crippen molar-refractivity contribution in [2.24, 2.45) is 0 Å². The molecule has 0 radical (unpaired) electrons. The van der Waals surface area contributed by atoms with Crippen LogP contribution in [-0.2, 0) is 34.1 Å². The Labute approximate surface area is 692 Å². The molecular formula is C96H162FFe2P7. The van der Waals surface area contributed by atoms with Gasteiger partial charge in [-0.1, -0.05) is 392 Å². The molecule has 0 bridgehead atoms. The van der Waals surface area contributed by atoms with Crippen molar-refractivity contribution in [2.45, 2.75) is 414 Å². The molecule has 8 aliphatic carbocycles. The van der Waals surface area contributed by atoms with Gasteiger partial charge >= 0.3 is 34.1 Å². The number of hydrogen-bond acceptors (Lipinski definition) is 0. The third-order valence-corrected chi connectivity index (χ3v) is 42.0. The predicted octanol–water partition coefficient (Wildman–Crippen LogP) is 32.5. The first-order valence-corrected chi connectivity index (χ1v) is 54.3. The Hall–Kier alpha value is 0.859. The second-order valence-electron chi connectivity index (χ2n) is 32.8. The predicted molar refractivity (Wildman–Crippen MR) is 491 cm³/mol. The smallest absolute Gasteiger partial charge is 0.358 e. The summed E-state index contributed by atoms with van der Waals surface area (Å²) in [7, 11) is 0.481. The molecule has 4 aromatic rings. The Balaban J connectivity index is 0.000000340. The summed E-state index contributed by atoms with van der Waals surface area (Å²) in [6.45, 7) is 11.8. The van der Waals surface area contributed by atoms with E-state index in [9.17, 15) is 4.20 Å². The summed E-state index contributed by atoms with van der Waals surface area (Å²) in [5.74, 6) is 3.61. The first kappa shape index (κ1) is 99.2. The number of unbranched alkanes of at least 4 members (excludes halogenated alkanes) is 15. The molecular weight excluding hydrogens is 1500 g/mol. The molecule has 10 heteroatoms. The SMILES string of the molecule is C1CCC(P(C2CCCCC2)C2CCCC2)CC1.CCCCCCCCP(CCCCCCCC)CCCCCCCC.C[C-]1CCCC1P(C1CCCCC1)C1CCCCC1.C[C-]1CCCC1P(c1ccccc1)c1ccccc1.[2H]P(F)P.[CH3-].[CH3-].[Fe+2].[Fe+2].c1ccc(P(c2ccccc2)C2CCCC2)cc1. The molecule has 0 heterocycles. The molecule has 8 saturated carbocycles. The molecule has 106 heavy (non-hydrogen) atoms. The molecule has 8 aliphatic rings. The maximum Gasteiger partial charge on any atom is 2.00 e. The standard InChI is InChI=1S/C24H51P.C18H32P.C18H20P.C17H31P.C17H19P.2CH3.FH3P2.2Fe/c1-4-7-10-13-16-19-22-25(23-20-17-14-11-8-5-2)24-21-18-15-12-9-6-3;2*1-15-9-8-14-18(15)19(16-10-4-2-5-11-16)17-12-6-3-7-13-17;2*1-3-9-15(10-4-1)18(17-13-7-8-14-17)16-11-5-2-6-12-16;;;1-3-2;;/h4-24H2,1-3H3;16-18H,2-14H2,1H3;2-7,10-13,18H,8-9,14H2,1H3;15-17H,1-14H2;1-6,9-12,17H,7-8,13-14H2;2*1H3;3H,2H2;;/q;2*-1;;;2*-1;;2*+2/i;;;;;;;3D;;. The minimum absolute atomic E-state index is 0. The summed E-state index contributed by atoms with van der Waals surface area (Å²) in [4.78, 5) is 0. The van der Waals surface area contributed by atoms with Gasteiger partial charge in [0.05, 0.1) is 9.80 Å². The number of benzene rings is 4. The van der Waals surface area contributed by atoms with Gasteiger partial charge in [0.25, 0.3) is 0 Å². The first-order valence-electron chi connectivity index (χ1n) is 44.5. The van der Waals surface area contributed by atoms with Gasteiger partial charge < -0.3 is 26.7 Å². The number of halogens is 1. The van der Waals surface area contributed by atoms with E-state index in [1.807, 2.05) is 5.92 Å². The van der Waals surface area contributed by atoms with Gasteiger partial charge in [-0.3, -0.25) is 0 Å². The summed E-state index contributed by atoms with van der Waals surface area (Å²) in [6, 6.07) is 44.4.